The van der Waals surface area contributed by atoms with Crippen molar-refractivity contribution < 1.29 is 19.4 Å². The van der Waals surface area contributed by atoms with Crippen LogP contribution in [-0.2, 0) is 4.74 Å². The Balaban J connectivity index is 1.82. The monoisotopic (exact) mass is 448 g/mol. The molecule has 4 N–H and O–H groups in total. The molecule has 1 amide bonds. The number of aromatic nitrogens is 3. The number of hydrogen-bond acceptors (Lipinski definition) is 8. The highest BCUT2D eigenvalue weighted by Gasteiger charge is 2.23. The summed E-state index contributed by atoms with van der Waals surface area (Å²) in [5.74, 6) is 0.0923. The van der Waals surface area contributed by atoms with Crippen LogP contribution in [0, 0.1) is 0 Å². The van der Waals surface area contributed by atoms with E-state index in [0.717, 1.165) is 0 Å². The summed E-state index contributed by atoms with van der Waals surface area (Å²) in [6, 6.07) is 12.2. The third kappa shape index (κ3) is 4.41. The van der Waals surface area contributed by atoms with Crippen LogP contribution in [0.2, 0.25) is 0 Å². The number of nitrogens with zero attached hydrogens (tertiary/aromatic N) is 4. The van der Waals surface area contributed by atoms with E-state index in [1.54, 1.807) is 25.5 Å². The number of nitrogen functional groups attached to an aromatic ring is 1. The molecule has 0 spiro atoms. The minimum Gasteiger partial charge on any atom is -0.504 e. The van der Waals surface area contributed by atoms with Gasteiger partial charge in [0.05, 0.1) is 30.5 Å². The van der Waals surface area contributed by atoms with Gasteiger partial charge in [0.2, 0.25) is 0 Å². The van der Waals surface area contributed by atoms with E-state index in [9.17, 15) is 9.90 Å². The van der Waals surface area contributed by atoms with Crippen LogP contribution in [0.15, 0.2) is 47.6 Å². The van der Waals surface area contributed by atoms with E-state index >= 15 is 0 Å². The highest BCUT2D eigenvalue weighted by atomic mass is 16.5. The lowest BCUT2D eigenvalue weighted by Crippen LogP contribution is -2.27. The van der Waals surface area contributed by atoms with E-state index in [1.165, 1.54) is 10.7 Å². The average molecular weight is 448 g/mol. The van der Waals surface area contributed by atoms with Crippen LogP contribution < -0.4 is 15.8 Å². The van der Waals surface area contributed by atoms with E-state index in [4.69, 9.17) is 15.2 Å². The number of amides is 1. The molecule has 10 heteroatoms. The summed E-state index contributed by atoms with van der Waals surface area (Å²) in [7, 11) is 1.55. The number of fused-ring (bicyclic) bond motifs is 2. The number of rotatable bonds is 8. The molecule has 2 heterocycles. The molecule has 0 unspecified atom stereocenters. The van der Waals surface area contributed by atoms with Gasteiger partial charge < -0.3 is 25.6 Å². The van der Waals surface area contributed by atoms with E-state index in [2.05, 4.69) is 20.4 Å². The molecule has 4 aromatic rings. The number of carbonyl (C=O) groups excluding carboxylic acids is 1. The first-order chi connectivity index (χ1) is 16.0. The minimum absolute atomic E-state index is 0.0345. The highest BCUT2D eigenvalue weighted by molar-refractivity contribution is 6.10. The molecule has 0 fully saturated rings. The number of nitrogens with one attached hydrogen (secondary N) is 1. The van der Waals surface area contributed by atoms with Gasteiger partial charge in [0.25, 0.3) is 5.91 Å². The van der Waals surface area contributed by atoms with Gasteiger partial charge in [-0.15, -0.1) is 0 Å². The molecular weight excluding hydrogens is 424 g/mol. The van der Waals surface area contributed by atoms with Gasteiger partial charge >= 0.3 is 0 Å². The third-order valence-electron chi connectivity index (χ3n) is 4.90. The molecule has 170 valence electrons. The number of para-hydroxylation sites is 2. The van der Waals surface area contributed by atoms with E-state index in [0.29, 0.717) is 53.3 Å². The van der Waals surface area contributed by atoms with Crippen molar-refractivity contribution in [2.24, 2.45) is 5.10 Å². The number of methoxy groups -OCH3 is 1. The fourth-order valence-electron chi connectivity index (χ4n) is 3.35. The molecule has 0 atom stereocenters. The zero-order valence-electron chi connectivity index (χ0n) is 18.3. The topological polar surface area (TPSA) is 137 Å². The molecule has 4 rings (SSSR count). The summed E-state index contributed by atoms with van der Waals surface area (Å²) < 4.78 is 11.8. The summed E-state index contributed by atoms with van der Waals surface area (Å²) in [4.78, 5) is 22.2. The molecule has 0 bridgehead atoms. The van der Waals surface area contributed by atoms with Crippen LogP contribution in [0.5, 0.6) is 11.5 Å². The number of phenols is 1. The Morgan fingerprint density at radius 1 is 1.24 bits per heavy atom. The first kappa shape index (κ1) is 22.0. The second-order valence-electron chi connectivity index (χ2n) is 7.11. The maximum Gasteiger partial charge on any atom is 0.257 e. The van der Waals surface area contributed by atoms with Gasteiger partial charge in [0.1, 0.15) is 16.9 Å². The van der Waals surface area contributed by atoms with Crippen molar-refractivity contribution >= 4 is 40.1 Å². The maximum atomic E-state index is 12.9. The Labute approximate surface area is 189 Å². The van der Waals surface area contributed by atoms with E-state index in [-0.39, 0.29) is 17.1 Å². The second-order valence-corrected chi connectivity index (χ2v) is 7.11. The Morgan fingerprint density at radius 3 is 2.73 bits per heavy atom. The molecule has 2 aromatic heterocycles. The number of hydrogen-bond donors (Lipinski definition) is 3. The van der Waals surface area contributed by atoms with Crippen LogP contribution in [0.1, 0.15) is 22.8 Å². The van der Waals surface area contributed by atoms with Crippen molar-refractivity contribution in [3.05, 3.63) is 53.6 Å². The van der Waals surface area contributed by atoms with Crippen molar-refractivity contribution in [3.63, 3.8) is 0 Å². The summed E-state index contributed by atoms with van der Waals surface area (Å²) in [6.45, 7) is 2.92. The number of nitrogens with two attached hydrogens (primary N) is 1. The lowest BCUT2D eigenvalue weighted by atomic mass is 10.2. The fraction of sp³-hybridized carbons (Fsp3) is 0.217. The van der Waals surface area contributed by atoms with Crippen molar-refractivity contribution in [2.75, 3.05) is 32.6 Å². The standard InChI is InChI=1S/C23H24N6O4/c1-3-33-18-12-14(8-9-17(18)30)13-26-29-21(24)19(23(31)25-10-11-32-2)20-22(29)28-16-7-5-4-6-15(16)27-20/h4-9,12-13,30H,3,10-11,24H2,1-2H3,(H,25,31)/b26-13+. The SMILES string of the molecule is CCOc1cc(/C=N/n2c(N)c(C(=O)NCCOC)c3nc4ccccc4nc32)ccc1O. The second kappa shape index (κ2) is 9.53. The quantitative estimate of drug-likeness (QED) is 0.278. The Bertz CT molecular complexity index is 1350. The number of aromatic hydroxyl groups is 1. The molecule has 0 saturated heterocycles. The predicted molar refractivity (Wildman–Crippen MR) is 126 cm³/mol. The van der Waals surface area contributed by atoms with Crippen LogP contribution >= 0.6 is 0 Å². The largest absolute Gasteiger partial charge is 0.504 e. The van der Waals surface area contributed by atoms with Gasteiger partial charge in [-0.25, -0.2) is 9.97 Å². The number of phenolic OH excluding ortho intramolecular Hbond substituents is 1. The van der Waals surface area contributed by atoms with Gasteiger partial charge in [-0.3, -0.25) is 4.79 Å². The zero-order chi connectivity index (χ0) is 23.4. The maximum absolute atomic E-state index is 12.9. The lowest BCUT2D eigenvalue weighted by Gasteiger charge is -2.06. The van der Waals surface area contributed by atoms with Crippen LogP contribution in [-0.4, -0.2) is 58.7 Å². The summed E-state index contributed by atoms with van der Waals surface area (Å²) in [5.41, 5.74) is 9.20. The molecule has 2 aromatic carbocycles. The Kier molecular flexibility index (Phi) is 6.36. The molecule has 33 heavy (non-hydrogen) atoms. The molecular formula is C23H24N6O4. The first-order valence-electron chi connectivity index (χ1n) is 10.4. The van der Waals surface area contributed by atoms with Crippen LogP contribution in [0.25, 0.3) is 22.2 Å². The van der Waals surface area contributed by atoms with Gasteiger partial charge in [-0.1, -0.05) is 12.1 Å². The van der Waals surface area contributed by atoms with Crippen molar-refractivity contribution in [1.29, 1.82) is 0 Å². The first-order valence-corrected chi connectivity index (χ1v) is 10.4. The van der Waals surface area contributed by atoms with Crippen molar-refractivity contribution in [2.45, 2.75) is 6.92 Å². The molecule has 0 saturated carbocycles. The van der Waals surface area contributed by atoms with Crippen LogP contribution in [0.3, 0.4) is 0 Å². The molecule has 0 aliphatic carbocycles. The number of benzene rings is 2. The van der Waals surface area contributed by atoms with Crippen molar-refractivity contribution in [1.82, 2.24) is 20.0 Å². The van der Waals surface area contributed by atoms with Gasteiger partial charge in [0.15, 0.2) is 17.1 Å². The van der Waals surface area contributed by atoms with Crippen molar-refractivity contribution in [3.8, 4) is 11.5 Å². The number of anilines is 1. The number of ether oxygens (including phenoxy) is 2. The van der Waals surface area contributed by atoms with E-state index < -0.39 is 5.91 Å². The van der Waals surface area contributed by atoms with Gasteiger partial charge in [-0.05, 0) is 42.8 Å². The Hall–Kier alpha value is -4.18. The summed E-state index contributed by atoms with van der Waals surface area (Å²) in [6.07, 6.45) is 1.54. The fourth-order valence-corrected chi connectivity index (χ4v) is 3.35. The lowest BCUT2D eigenvalue weighted by molar-refractivity contribution is 0.0939. The summed E-state index contributed by atoms with van der Waals surface area (Å²) in [5, 5.41) is 17.2. The predicted octanol–water partition coefficient (Wildman–Crippen LogP) is 2.53. The minimum atomic E-state index is -0.392. The van der Waals surface area contributed by atoms with Crippen LogP contribution in [0.4, 0.5) is 5.82 Å². The molecule has 0 radical (unpaired) electrons. The molecule has 0 aliphatic rings. The third-order valence-corrected chi connectivity index (χ3v) is 4.90. The zero-order valence-corrected chi connectivity index (χ0v) is 18.3. The van der Waals surface area contributed by atoms with Gasteiger partial charge in [-0.2, -0.15) is 9.78 Å². The Morgan fingerprint density at radius 2 is 2.00 bits per heavy atom. The highest BCUT2D eigenvalue weighted by Crippen LogP contribution is 2.29. The average Bonchev–Trinajstić information content (AvgIpc) is 3.08. The molecule has 0 aliphatic heterocycles. The van der Waals surface area contributed by atoms with Gasteiger partial charge in [0, 0.05) is 13.7 Å². The number of carbonyl (C=O) groups is 1. The normalized spacial score (nSPS) is 11.5. The van der Waals surface area contributed by atoms with E-state index in [1.807, 2.05) is 31.2 Å². The smallest absolute Gasteiger partial charge is 0.257 e. The molecule has 10 nitrogen and oxygen atoms in total. The summed E-state index contributed by atoms with van der Waals surface area (Å²) >= 11 is 0.